The first-order valence-electron chi connectivity index (χ1n) is 3.97. The molecule has 1 rings (SSSR count). The van der Waals surface area contributed by atoms with Crippen LogP contribution in [0.2, 0.25) is 0 Å². The van der Waals surface area contributed by atoms with E-state index in [0.717, 1.165) is 5.56 Å². The fraction of sp³-hybridized carbons (Fsp3) is 0.300. The summed E-state index contributed by atoms with van der Waals surface area (Å²) in [4.78, 5) is 0. The van der Waals surface area contributed by atoms with Gasteiger partial charge in [-0.05, 0) is 30.2 Å². The topological polar surface area (TPSA) is 33.0 Å². The number of nitrogens with zero attached hydrogens (tertiary/aromatic N) is 1. The van der Waals surface area contributed by atoms with Crippen LogP contribution in [-0.4, -0.2) is 7.11 Å². The summed E-state index contributed by atoms with van der Waals surface area (Å²) in [5, 5.41) is 8.38. The second-order valence-electron chi connectivity index (χ2n) is 2.61. The molecule has 1 aromatic rings. The molecule has 2 nitrogen and oxygen atoms in total. The number of hydrogen-bond acceptors (Lipinski definition) is 2. The summed E-state index contributed by atoms with van der Waals surface area (Å²) in [6.45, 7) is 0. The predicted octanol–water partition coefficient (Wildman–Crippen LogP) is 2.29. The zero-order valence-electron chi connectivity index (χ0n) is 7.38. The number of nitriles is 1. The molecule has 0 N–H and O–H groups in total. The molecule has 0 atom stereocenters. The molecule has 68 valence electrons. The Morgan fingerprint density at radius 2 is 2.31 bits per heavy atom. The number of methoxy groups -OCH3 is 1. The summed E-state index contributed by atoms with van der Waals surface area (Å²) in [7, 11) is 1.53. The van der Waals surface area contributed by atoms with E-state index < -0.39 is 0 Å². The summed E-state index contributed by atoms with van der Waals surface area (Å²) >= 11 is 0. The van der Waals surface area contributed by atoms with Gasteiger partial charge in [0, 0.05) is 6.42 Å². The smallest absolute Gasteiger partial charge is 0.123 e. The van der Waals surface area contributed by atoms with E-state index in [2.05, 4.69) is 0 Å². The maximum atomic E-state index is 12.8. The highest BCUT2D eigenvalue weighted by atomic mass is 19.1. The Kier molecular flexibility index (Phi) is 3.27. The van der Waals surface area contributed by atoms with Crippen molar-refractivity contribution in [2.75, 3.05) is 7.11 Å². The number of benzene rings is 1. The van der Waals surface area contributed by atoms with Crippen molar-refractivity contribution in [3.05, 3.63) is 29.6 Å². The minimum atomic E-state index is -0.297. The van der Waals surface area contributed by atoms with Crippen LogP contribution in [0.3, 0.4) is 0 Å². The van der Waals surface area contributed by atoms with Gasteiger partial charge in [0.15, 0.2) is 0 Å². The average molecular weight is 179 g/mol. The van der Waals surface area contributed by atoms with Crippen LogP contribution in [0, 0.1) is 17.1 Å². The fourth-order valence-electron chi connectivity index (χ4n) is 1.13. The molecule has 0 amide bonds. The maximum Gasteiger partial charge on any atom is 0.123 e. The molecule has 3 heteroatoms. The van der Waals surface area contributed by atoms with Crippen LogP contribution in [-0.2, 0) is 6.42 Å². The highest BCUT2D eigenvalue weighted by molar-refractivity contribution is 5.34. The van der Waals surface area contributed by atoms with Crippen molar-refractivity contribution in [3.8, 4) is 11.8 Å². The third-order valence-electron chi connectivity index (χ3n) is 1.75. The van der Waals surface area contributed by atoms with E-state index in [1.54, 1.807) is 6.07 Å². The summed E-state index contributed by atoms with van der Waals surface area (Å²) in [6.07, 6.45) is 0.900. The standard InChI is InChI=1S/C10H10FNO/c1-13-10-5-4-9(11)7-8(10)3-2-6-12/h4-5,7H,2-3H2,1H3. The number of ether oxygens (including phenoxy) is 1. The van der Waals surface area contributed by atoms with Gasteiger partial charge in [-0.15, -0.1) is 0 Å². The Morgan fingerprint density at radius 1 is 1.54 bits per heavy atom. The largest absolute Gasteiger partial charge is 0.496 e. The Balaban J connectivity index is 2.89. The van der Waals surface area contributed by atoms with E-state index in [1.165, 1.54) is 19.2 Å². The van der Waals surface area contributed by atoms with Gasteiger partial charge in [0.2, 0.25) is 0 Å². The van der Waals surface area contributed by atoms with Crippen LogP contribution in [0.25, 0.3) is 0 Å². The molecule has 0 aliphatic carbocycles. The number of halogens is 1. The van der Waals surface area contributed by atoms with Crippen molar-refractivity contribution >= 4 is 0 Å². The summed E-state index contributed by atoms with van der Waals surface area (Å²) in [6, 6.07) is 6.32. The molecule has 0 heterocycles. The molecular weight excluding hydrogens is 169 g/mol. The van der Waals surface area contributed by atoms with Gasteiger partial charge in [-0.1, -0.05) is 0 Å². The lowest BCUT2D eigenvalue weighted by atomic mass is 10.1. The van der Waals surface area contributed by atoms with E-state index in [1.807, 2.05) is 6.07 Å². The first-order chi connectivity index (χ1) is 6.27. The van der Waals surface area contributed by atoms with Crippen LogP contribution in [0.15, 0.2) is 18.2 Å². The van der Waals surface area contributed by atoms with E-state index in [-0.39, 0.29) is 5.82 Å². The van der Waals surface area contributed by atoms with Gasteiger partial charge >= 0.3 is 0 Å². The van der Waals surface area contributed by atoms with E-state index in [9.17, 15) is 4.39 Å². The van der Waals surface area contributed by atoms with Gasteiger partial charge in [0.25, 0.3) is 0 Å². The normalized spacial score (nSPS) is 9.31. The maximum absolute atomic E-state index is 12.8. The summed E-state index contributed by atoms with van der Waals surface area (Å²) in [5.41, 5.74) is 0.740. The van der Waals surface area contributed by atoms with Crippen molar-refractivity contribution in [2.45, 2.75) is 12.8 Å². The lowest BCUT2D eigenvalue weighted by molar-refractivity contribution is 0.408. The number of aryl methyl sites for hydroxylation is 1. The Morgan fingerprint density at radius 3 is 2.92 bits per heavy atom. The molecular formula is C10H10FNO. The Labute approximate surface area is 76.6 Å². The van der Waals surface area contributed by atoms with Crippen LogP contribution < -0.4 is 4.74 Å². The van der Waals surface area contributed by atoms with Crippen molar-refractivity contribution in [1.82, 2.24) is 0 Å². The predicted molar refractivity (Wildman–Crippen MR) is 46.9 cm³/mol. The van der Waals surface area contributed by atoms with Crippen LogP contribution in [0.1, 0.15) is 12.0 Å². The van der Waals surface area contributed by atoms with Crippen molar-refractivity contribution < 1.29 is 9.13 Å². The molecule has 0 radical (unpaired) electrons. The van der Waals surface area contributed by atoms with Gasteiger partial charge in [-0.3, -0.25) is 0 Å². The average Bonchev–Trinajstić information content (AvgIpc) is 2.15. The minimum absolute atomic E-state index is 0.297. The molecule has 13 heavy (non-hydrogen) atoms. The second-order valence-corrected chi connectivity index (χ2v) is 2.61. The first kappa shape index (κ1) is 9.53. The molecule has 0 aliphatic heterocycles. The molecule has 0 aliphatic rings. The monoisotopic (exact) mass is 179 g/mol. The Hall–Kier alpha value is -1.56. The summed E-state index contributed by atoms with van der Waals surface area (Å²) in [5.74, 6) is 0.338. The Bertz CT molecular complexity index is 330. The highest BCUT2D eigenvalue weighted by Gasteiger charge is 2.03. The zero-order chi connectivity index (χ0) is 9.68. The van der Waals surface area contributed by atoms with Crippen molar-refractivity contribution in [2.24, 2.45) is 0 Å². The SMILES string of the molecule is COc1ccc(F)cc1CCC#N. The zero-order valence-corrected chi connectivity index (χ0v) is 7.38. The molecule has 0 saturated heterocycles. The quantitative estimate of drug-likeness (QED) is 0.713. The molecule has 0 bridgehead atoms. The lowest BCUT2D eigenvalue weighted by Gasteiger charge is -2.05. The van der Waals surface area contributed by atoms with E-state index >= 15 is 0 Å². The van der Waals surface area contributed by atoms with Gasteiger partial charge < -0.3 is 4.74 Å². The number of hydrogen-bond donors (Lipinski definition) is 0. The minimum Gasteiger partial charge on any atom is -0.496 e. The van der Waals surface area contributed by atoms with Gasteiger partial charge in [0.05, 0.1) is 13.2 Å². The number of rotatable bonds is 3. The molecule has 0 spiro atoms. The third-order valence-corrected chi connectivity index (χ3v) is 1.75. The van der Waals surface area contributed by atoms with Crippen LogP contribution in [0.4, 0.5) is 4.39 Å². The highest BCUT2D eigenvalue weighted by Crippen LogP contribution is 2.20. The summed E-state index contributed by atoms with van der Waals surface area (Å²) < 4.78 is 17.8. The van der Waals surface area contributed by atoms with Gasteiger partial charge in [-0.25, -0.2) is 4.39 Å². The third kappa shape index (κ3) is 2.45. The van der Waals surface area contributed by atoms with Crippen molar-refractivity contribution in [3.63, 3.8) is 0 Å². The van der Waals surface area contributed by atoms with E-state index in [0.29, 0.717) is 18.6 Å². The van der Waals surface area contributed by atoms with Gasteiger partial charge in [0.1, 0.15) is 11.6 Å². The molecule has 0 aromatic heterocycles. The molecule has 0 unspecified atom stereocenters. The second kappa shape index (κ2) is 4.46. The molecule has 0 saturated carbocycles. The van der Waals surface area contributed by atoms with Crippen LogP contribution in [0.5, 0.6) is 5.75 Å². The van der Waals surface area contributed by atoms with E-state index in [4.69, 9.17) is 10.00 Å². The van der Waals surface area contributed by atoms with Crippen LogP contribution >= 0.6 is 0 Å². The first-order valence-corrected chi connectivity index (χ1v) is 3.97. The fourth-order valence-corrected chi connectivity index (χ4v) is 1.13. The van der Waals surface area contributed by atoms with Gasteiger partial charge in [-0.2, -0.15) is 5.26 Å². The lowest BCUT2D eigenvalue weighted by Crippen LogP contribution is -1.92. The molecule has 0 fully saturated rings. The van der Waals surface area contributed by atoms with Crippen molar-refractivity contribution in [1.29, 1.82) is 5.26 Å². The molecule has 1 aromatic carbocycles.